The highest BCUT2D eigenvalue weighted by Crippen LogP contribution is 2.43. The number of carbonyl (C=O) groups is 3. The van der Waals surface area contributed by atoms with Crippen molar-refractivity contribution in [2.45, 2.75) is 202 Å². The fourth-order valence-corrected chi connectivity index (χ4v) is 8.06. The van der Waals surface area contributed by atoms with Gasteiger partial charge in [-0.15, -0.1) is 0 Å². The van der Waals surface area contributed by atoms with Gasteiger partial charge >= 0.3 is 17.9 Å². The van der Waals surface area contributed by atoms with Crippen molar-refractivity contribution in [2.24, 2.45) is 5.92 Å². The van der Waals surface area contributed by atoms with Crippen molar-refractivity contribution in [3.05, 3.63) is 77.4 Å². The molecule has 0 amide bonds. The monoisotopic (exact) mass is 1040 g/mol. The molecule has 0 aliphatic rings. The molecule has 0 saturated heterocycles. The lowest BCUT2D eigenvalue weighted by atomic mass is 9.99. The number of aliphatic hydroxyl groups excluding tert-OH is 1. The van der Waals surface area contributed by atoms with Crippen molar-refractivity contribution in [3.8, 4) is 40.2 Å². The summed E-state index contributed by atoms with van der Waals surface area (Å²) in [5.74, 6) is 1.35. The molecular weight excluding hydrogens is 949 g/mol. The van der Waals surface area contributed by atoms with Crippen molar-refractivity contribution in [2.75, 3.05) is 39.6 Å². The van der Waals surface area contributed by atoms with Crippen LogP contribution in [0.1, 0.15) is 219 Å². The van der Waals surface area contributed by atoms with E-state index in [1.807, 2.05) is 38.1 Å². The minimum Gasteiger partial charge on any atom is -0.490 e. The fourth-order valence-electron chi connectivity index (χ4n) is 8.06. The number of hydrogen-bond donors (Lipinski definition) is 1. The van der Waals surface area contributed by atoms with Crippen LogP contribution in [-0.4, -0.2) is 62.7 Å². The Bertz CT molecular complexity index is 2090. The number of aliphatic hydroxyl groups is 1. The van der Waals surface area contributed by atoms with E-state index in [1.165, 1.54) is 12.2 Å². The van der Waals surface area contributed by atoms with Crippen LogP contribution in [0.15, 0.2) is 60.7 Å². The second-order valence-corrected chi connectivity index (χ2v) is 19.3. The normalized spacial score (nSPS) is 12.2. The molecule has 0 saturated carbocycles. The molecule has 1 N–H and O–H groups in total. The van der Waals surface area contributed by atoms with Gasteiger partial charge in [0.1, 0.15) is 17.6 Å². The van der Waals surface area contributed by atoms with Crippen LogP contribution >= 0.6 is 0 Å². The third-order valence-electron chi connectivity index (χ3n) is 12.8. The summed E-state index contributed by atoms with van der Waals surface area (Å²) >= 11 is 0. The van der Waals surface area contributed by atoms with Gasteiger partial charge in [0.05, 0.1) is 39.0 Å². The van der Waals surface area contributed by atoms with Crippen LogP contribution in [0.4, 0.5) is 0 Å². The number of benzene rings is 3. The van der Waals surface area contributed by atoms with E-state index < -0.39 is 18.0 Å². The number of unbranched alkanes of at least 4 members (excludes halogenated alkanes) is 15. The van der Waals surface area contributed by atoms with E-state index in [-0.39, 0.29) is 30.0 Å². The van der Waals surface area contributed by atoms with Crippen molar-refractivity contribution in [1.82, 2.24) is 0 Å². The van der Waals surface area contributed by atoms with E-state index in [0.29, 0.717) is 97.7 Å². The third kappa shape index (κ3) is 25.3. The van der Waals surface area contributed by atoms with Gasteiger partial charge in [0, 0.05) is 35.4 Å². The molecule has 0 fully saturated rings. The van der Waals surface area contributed by atoms with E-state index in [2.05, 4.69) is 34.6 Å². The van der Waals surface area contributed by atoms with Crippen LogP contribution in [0, 0.1) is 5.92 Å². The summed E-state index contributed by atoms with van der Waals surface area (Å²) in [4.78, 5) is 39.8. The third-order valence-corrected chi connectivity index (χ3v) is 12.8. The Balaban J connectivity index is 1.86. The SMILES string of the molecule is CCCCCCOc1ccc(/C=C/C(=O)Oc2ccc(OC(=O)/C=C/c3ccc(C(CCCO)OC(=O)C(C)CC)c(OCCCCCC)c3OCCCCCC)cc2)c(OCCCCCC)c1OCCCCCC. The van der Waals surface area contributed by atoms with E-state index in [1.54, 1.807) is 36.4 Å². The minimum absolute atomic E-state index is 0.0576. The van der Waals surface area contributed by atoms with Gasteiger partial charge in [-0.05, 0) is 99.9 Å². The first-order valence-corrected chi connectivity index (χ1v) is 28.8. The molecule has 3 rings (SSSR count). The zero-order chi connectivity index (χ0) is 54.3. The lowest BCUT2D eigenvalue weighted by molar-refractivity contribution is -0.154. The van der Waals surface area contributed by atoms with Crippen LogP contribution in [0.2, 0.25) is 0 Å². The van der Waals surface area contributed by atoms with Gasteiger partial charge in [-0.1, -0.05) is 157 Å². The molecule has 3 aromatic carbocycles. The summed E-state index contributed by atoms with van der Waals surface area (Å²) in [7, 11) is 0. The van der Waals surface area contributed by atoms with Gasteiger partial charge in [0.25, 0.3) is 0 Å². The summed E-state index contributed by atoms with van der Waals surface area (Å²) in [5, 5.41) is 9.80. The average Bonchev–Trinajstić information content (AvgIpc) is 3.41. The Hall–Kier alpha value is -5.49. The lowest BCUT2D eigenvalue weighted by Gasteiger charge is -2.25. The summed E-state index contributed by atoms with van der Waals surface area (Å²) in [5.41, 5.74) is 1.93. The predicted octanol–water partition coefficient (Wildman–Crippen LogP) is 16.1. The molecule has 2 atom stereocenters. The zero-order valence-electron chi connectivity index (χ0n) is 47.0. The molecule has 3 aromatic rings. The second kappa shape index (κ2) is 39.9. The molecule has 12 heteroatoms. The molecule has 418 valence electrons. The van der Waals surface area contributed by atoms with Crippen LogP contribution in [0.5, 0.6) is 40.2 Å². The van der Waals surface area contributed by atoms with Crippen LogP contribution < -0.4 is 33.2 Å². The lowest BCUT2D eigenvalue weighted by Crippen LogP contribution is -2.19. The minimum atomic E-state index is -0.675. The van der Waals surface area contributed by atoms with Gasteiger partial charge in [0.2, 0.25) is 5.75 Å². The zero-order valence-corrected chi connectivity index (χ0v) is 47.0. The van der Waals surface area contributed by atoms with Crippen molar-refractivity contribution < 1.29 is 57.4 Å². The quantitative estimate of drug-likeness (QED) is 0.0249. The fraction of sp³-hybridized carbons (Fsp3) is 0.603. The van der Waals surface area contributed by atoms with Gasteiger partial charge in [-0.3, -0.25) is 4.79 Å². The van der Waals surface area contributed by atoms with E-state index in [0.717, 1.165) is 128 Å². The van der Waals surface area contributed by atoms with Gasteiger partial charge < -0.3 is 43.0 Å². The Morgan fingerprint density at radius 3 is 1.29 bits per heavy atom. The molecule has 75 heavy (non-hydrogen) atoms. The molecule has 0 aliphatic carbocycles. The molecular formula is C63H94O12. The van der Waals surface area contributed by atoms with Gasteiger partial charge in [-0.25, -0.2) is 9.59 Å². The largest absolute Gasteiger partial charge is 0.490 e. The average molecular weight is 1040 g/mol. The summed E-state index contributed by atoms with van der Waals surface area (Å²) in [6, 6.07) is 13.7. The van der Waals surface area contributed by atoms with E-state index in [9.17, 15) is 19.5 Å². The van der Waals surface area contributed by atoms with Crippen molar-refractivity contribution >= 4 is 30.1 Å². The van der Waals surface area contributed by atoms with Crippen LogP contribution in [-0.2, 0) is 19.1 Å². The number of carbonyl (C=O) groups excluding carboxylic acids is 3. The highest BCUT2D eigenvalue weighted by atomic mass is 16.6. The maximum atomic E-state index is 13.4. The topological polar surface area (TPSA) is 145 Å². The molecule has 0 spiro atoms. The highest BCUT2D eigenvalue weighted by molar-refractivity contribution is 5.90. The molecule has 0 radical (unpaired) electrons. The molecule has 0 heterocycles. The molecule has 0 bridgehead atoms. The number of esters is 3. The summed E-state index contributed by atoms with van der Waals surface area (Å²) in [6.45, 7) is 17.1. The first-order valence-electron chi connectivity index (χ1n) is 28.8. The molecule has 0 aromatic heterocycles. The Kier molecular flexibility index (Phi) is 33.9. The van der Waals surface area contributed by atoms with Crippen molar-refractivity contribution in [3.63, 3.8) is 0 Å². The van der Waals surface area contributed by atoms with Crippen LogP contribution in [0.3, 0.4) is 0 Å². The maximum absolute atomic E-state index is 13.4. The Morgan fingerprint density at radius 2 is 0.867 bits per heavy atom. The number of ether oxygens (including phenoxy) is 8. The smallest absolute Gasteiger partial charge is 0.336 e. The first kappa shape index (κ1) is 63.8. The molecule has 12 nitrogen and oxygen atoms in total. The summed E-state index contributed by atoms with van der Waals surface area (Å²) < 4.78 is 49.7. The first-order chi connectivity index (χ1) is 36.6. The Morgan fingerprint density at radius 1 is 0.467 bits per heavy atom. The number of hydrogen-bond acceptors (Lipinski definition) is 12. The predicted molar refractivity (Wildman–Crippen MR) is 301 cm³/mol. The van der Waals surface area contributed by atoms with E-state index >= 15 is 0 Å². The van der Waals surface area contributed by atoms with Gasteiger partial charge in [0.15, 0.2) is 23.0 Å². The maximum Gasteiger partial charge on any atom is 0.336 e. The molecule has 0 aliphatic heterocycles. The standard InChI is InChI=1S/C63H94O12/c1-8-14-19-24-44-68-56-40-32-51(60(70-46-26-21-16-10-3)62(56)72-48-28-23-18-12-5)34-42-58(66)74-53-37-35-52(36-38-53)73-57(65)41-33-50-31-39-54(55(30-29-43-64)75-63(67)49(7)13-6)61(71-47-27-22-17-11-4)59(50)69-45-25-20-15-9-2/h31-42,49,55,64H,8-30,43-48H2,1-7H3/b41-33+,42-34+. The highest BCUT2D eigenvalue weighted by Gasteiger charge is 2.27. The summed E-state index contributed by atoms with van der Waals surface area (Å²) in [6.07, 6.45) is 27.5. The second-order valence-electron chi connectivity index (χ2n) is 19.3. The number of rotatable bonds is 43. The van der Waals surface area contributed by atoms with Crippen LogP contribution in [0.25, 0.3) is 12.2 Å². The molecule has 2 unspecified atom stereocenters. The van der Waals surface area contributed by atoms with Gasteiger partial charge in [-0.2, -0.15) is 0 Å². The Labute approximate surface area is 451 Å². The van der Waals surface area contributed by atoms with E-state index in [4.69, 9.17) is 37.9 Å². The van der Waals surface area contributed by atoms with Crippen molar-refractivity contribution in [1.29, 1.82) is 0 Å².